The summed E-state index contributed by atoms with van der Waals surface area (Å²) in [6.07, 6.45) is -0.430. The number of benzene rings is 1. The molecule has 2 heterocycles. The van der Waals surface area contributed by atoms with Gasteiger partial charge in [0.2, 0.25) is 0 Å². The average molecular weight is 402 g/mol. The van der Waals surface area contributed by atoms with Crippen LogP contribution < -0.4 is 15.5 Å². The number of hydrogen-bond donors (Lipinski definition) is 2. The molecule has 2 N–H and O–H groups in total. The molecule has 3 rings (SSSR count). The zero-order chi connectivity index (χ0) is 20.8. The van der Waals surface area contributed by atoms with Gasteiger partial charge in [-0.05, 0) is 23.6 Å². The molecule has 2 aromatic rings. The van der Waals surface area contributed by atoms with Gasteiger partial charge in [0.25, 0.3) is 0 Å². The molecular weight excluding hydrogens is 370 g/mol. The van der Waals surface area contributed by atoms with E-state index in [4.69, 9.17) is 9.84 Å². The SMILES string of the molecule is COC(=O)NCc1ccc(NCc2c(C(C)C)nn(C)c2N2CCOCC2)cc1. The summed E-state index contributed by atoms with van der Waals surface area (Å²) >= 11 is 0. The highest BCUT2D eigenvalue weighted by atomic mass is 16.5. The molecule has 158 valence electrons. The number of nitrogens with zero attached hydrogens (tertiary/aromatic N) is 3. The Morgan fingerprint density at radius 2 is 1.90 bits per heavy atom. The topological polar surface area (TPSA) is 80.7 Å². The maximum Gasteiger partial charge on any atom is 0.407 e. The first-order chi connectivity index (χ1) is 14.0. The van der Waals surface area contributed by atoms with E-state index in [0.29, 0.717) is 19.0 Å². The van der Waals surface area contributed by atoms with Gasteiger partial charge in [-0.15, -0.1) is 0 Å². The van der Waals surface area contributed by atoms with Crippen molar-refractivity contribution in [2.45, 2.75) is 32.9 Å². The van der Waals surface area contributed by atoms with Crippen molar-refractivity contribution >= 4 is 17.6 Å². The second-order valence-electron chi connectivity index (χ2n) is 7.46. The number of alkyl carbamates (subject to hydrolysis) is 1. The Morgan fingerprint density at radius 1 is 1.21 bits per heavy atom. The van der Waals surface area contributed by atoms with Crippen molar-refractivity contribution in [1.29, 1.82) is 0 Å². The van der Waals surface area contributed by atoms with Gasteiger partial charge in [0.15, 0.2) is 0 Å². The van der Waals surface area contributed by atoms with Gasteiger partial charge in [-0.1, -0.05) is 26.0 Å². The van der Waals surface area contributed by atoms with Crippen LogP contribution in [0.2, 0.25) is 0 Å². The zero-order valence-electron chi connectivity index (χ0n) is 17.7. The van der Waals surface area contributed by atoms with Gasteiger partial charge < -0.3 is 25.0 Å². The van der Waals surface area contributed by atoms with E-state index in [1.54, 1.807) is 0 Å². The number of hydrogen-bond acceptors (Lipinski definition) is 6. The lowest BCUT2D eigenvalue weighted by Gasteiger charge is -2.29. The molecule has 1 aliphatic rings. The van der Waals surface area contributed by atoms with Crippen LogP contribution in [0.5, 0.6) is 0 Å². The lowest BCUT2D eigenvalue weighted by molar-refractivity contribution is 0.122. The summed E-state index contributed by atoms with van der Waals surface area (Å²) in [5.41, 5.74) is 4.40. The third-order valence-corrected chi connectivity index (χ3v) is 5.05. The third kappa shape index (κ3) is 5.20. The van der Waals surface area contributed by atoms with Crippen molar-refractivity contribution in [2.75, 3.05) is 43.6 Å². The number of rotatable bonds is 7. The van der Waals surface area contributed by atoms with Crippen LogP contribution in [0.15, 0.2) is 24.3 Å². The van der Waals surface area contributed by atoms with Gasteiger partial charge in [-0.25, -0.2) is 4.79 Å². The minimum Gasteiger partial charge on any atom is -0.453 e. The third-order valence-electron chi connectivity index (χ3n) is 5.05. The Kier molecular flexibility index (Phi) is 6.98. The summed E-state index contributed by atoms with van der Waals surface area (Å²) in [7, 11) is 3.38. The van der Waals surface area contributed by atoms with Crippen molar-refractivity contribution in [1.82, 2.24) is 15.1 Å². The molecular formula is C21H31N5O3. The number of methoxy groups -OCH3 is 1. The van der Waals surface area contributed by atoms with Crippen LogP contribution in [0.3, 0.4) is 0 Å². The Labute approximate surface area is 172 Å². The van der Waals surface area contributed by atoms with Crippen molar-refractivity contribution in [3.63, 3.8) is 0 Å². The molecule has 0 unspecified atom stereocenters. The van der Waals surface area contributed by atoms with Crippen molar-refractivity contribution in [3.8, 4) is 0 Å². The van der Waals surface area contributed by atoms with Crippen molar-refractivity contribution in [2.24, 2.45) is 7.05 Å². The molecule has 1 aromatic carbocycles. The van der Waals surface area contributed by atoms with E-state index in [1.165, 1.54) is 18.5 Å². The summed E-state index contributed by atoms with van der Waals surface area (Å²) in [6, 6.07) is 8.03. The van der Waals surface area contributed by atoms with E-state index in [9.17, 15) is 4.79 Å². The average Bonchev–Trinajstić information content (AvgIpc) is 3.08. The predicted molar refractivity (Wildman–Crippen MR) is 113 cm³/mol. The molecule has 1 amide bonds. The molecule has 0 atom stereocenters. The molecule has 1 aliphatic heterocycles. The maximum atomic E-state index is 11.2. The van der Waals surface area contributed by atoms with E-state index in [2.05, 4.69) is 34.1 Å². The number of anilines is 2. The highest BCUT2D eigenvalue weighted by Crippen LogP contribution is 2.29. The molecule has 0 saturated carbocycles. The molecule has 1 saturated heterocycles. The molecule has 0 bridgehead atoms. The normalized spacial score (nSPS) is 14.2. The fraction of sp³-hybridized carbons (Fsp3) is 0.524. The quantitative estimate of drug-likeness (QED) is 0.743. The molecule has 0 radical (unpaired) electrons. The van der Waals surface area contributed by atoms with E-state index in [1.807, 2.05) is 36.0 Å². The lowest BCUT2D eigenvalue weighted by Crippen LogP contribution is -2.38. The molecule has 0 aliphatic carbocycles. The van der Waals surface area contributed by atoms with Gasteiger partial charge in [0.1, 0.15) is 5.82 Å². The molecule has 0 spiro atoms. The number of morpholine rings is 1. The standard InChI is InChI=1S/C21H31N5O3/c1-15(2)19-18(20(25(3)24-19)26-9-11-29-12-10-26)14-22-17-7-5-16(6-8-17)13-23-21(27)28-4/h5-8,15,22H,9-14H2,1-4H3,(H,23,27). The first-order valence-electron chi connectivity index (χ1n) is 10.0. The smallest absolute Gasteiger partial charge is 0.407 e. The van der Waals surface area contributed by atoms with Crippen LogP contribution >= 0.6 is 0 Å². The summed E-state index contributed by atoms with van der Waals surface area (Å²) < 4.78 is 12.1. The highest BCUT2D eigenvalue weighted by molar-refractivity contribution is 5.67. The number of aryl methyl sites for hydroxylation is 1. The number of nitrogens with one attached hydrogen (secondary N) is 2. The number of carbonyl (C=O) groups excluding carboxylic acids is 1. The number of ether oxygens (including phenoxy) is 2. The Morgan fingerprint density at radius 3 is 2.52 bits per heavy atom. The van der Waals surface area contributed by atoms with E-state index < -0.39 is 6.09 Å². The summed E-state index contributed by atoms with van der Waals surface area (Å²) in [5, 5.41) is 11.0. The van der Waals surface area contributed by atoms with Crippen LogP contribution in [-0.4, -0.2) is 49.3 Å². The van der Waals surface area contributed by atoms with Crippen LogP contribution in [0.1, 0.15) is 36.6 Å². The van der Waals surface area contributed by atoms with Crippen molar-refractivity contribution < 1.29 is 14.3 Å². The monoisotopic (exact) mass is 401 g/mol. The van der Waals surface area contributed by atoms with Crippen LogP contribution in [0.25, 0.3) is 0 Å². The fourth-order valence-electron chi connectivity index (χ4n) is 3.56. The summed E-state index contributed by atoms with van der Waals surface area (Å²) in [5.74, 6) is 1.52. The zero-order valence-corrected chi connectivity index (χ0v) is 17.7. The maximum absolute atomic E-state index is 11.2. The van der Waals surface area contributed by atoms with E-state index in [-0.39, 0.29) is 0 Å². The van der Waals surface area contributed by atoms with Crippen LogP contribution in [-0.2, 0) is 29.6 Å². The molecule has 1 aromatic heterocycles. The summed E-state index contributed by atoms with van der Waals surface area (Å²) in [6.45, 7) is 8.75. The number of aromatic nitrogens is 2. The van der Waals surface area contributed by atoms with Gasteiger partial charge in [-0.3, -0.25) is 4.68 Å². The van der Waals surface area contributed by atoms with Gasteiger partial charge in [-0.2, -0.15) is 5.10 Å². The number of carbonyl (C=O) groups is 1. The van der Waals surface area contributed by atoms with E-state index in [0.717, 1.165) is 43.2 Å². The second-order valence-corrected chi connectivity index (χ2v) is 7.46. The fourth-order valence-corrected chi connectivity index (χ4v) is 3.56. The molecule has 1 fully saturated rings. The molecule has 8 nitrogen and oxygen atoms in total. The highest BCUT2D eigenvalue weighted by Gasteiger charge is 2.24. The minimum absolute atomic E-state index is 0.347. The van der Waals surface area contributed by atoms with Gasteiger partial charge >= 0.3 is 6.09 Å². The Hall–Kier alpha value is -2.74. The van der Waals surface area contributed by atoms with Crippen LogP contribution in [0, 0.1) is 0 Å². The first-order valence-corrected chi connectivity index (χ1v) is 10.0. The molecule has 29 heavy (non-hydrogen) atoms. The summed E-state index contributed by atoms with van der Waals surface area (Å²) in [4.78, 5) is 13.6. The van der Waals surface area contributed by atoms with Crippen molar-refractivity contribution in [3.05, 3.63) is 41.1 Å². The van der Waals surface area contributed by atoms with Gasteiger partial charge in [0.05, 0.1) is 26.0 Å². The second kappa shape index (κ2) is 9.65. The largest absolute Gasteiger partial charge is 0.453 e. The predicted octanol–water partition coefficient (Wildman–Crippen LogP) is 2.85. The Bertz CT molecular complexity index is 810. The lowest BCUT2D eigenvalue weighted by atomic mass is 10.0. The number of amides is 1. The van der Waals surface area contributed by atoms with Gasteiger partial charge in [0, 0.05) is 44.5 Å². The van der Waals surface area contributed by atoms with E-state index >= 15 is 0 Å². The van der Waals surface area contributed by atoms with Crippen LogP contribution in [0.4, 0.5) is 16.3 Å². The molecule has 8 heteroatoms. The Balaban J connectivity index is 1.71. The first kappa shape index (κ1) is 21.0. The minimum atomic E-state index is -0.430.